The average molecular weight is 373 g/mol. The van der Waals surface area contributed by atoms with Gasteiger partial charge >= 0.3 is 0 Å². The Balaban J connectivity index is 1.78. The molecule has 0 radical (unpaired) electrons. The molecule has 0 fully saturated rings. The molecule has 28 heavy (non-hydrogen) atoms. The predicted octanol–water partition coefficient (Wildman–Crippen LogP) is 4.82. The average Bonchev–Trinajstić information content (AvgIpc) is 2.67. The summed E-state index contributed by atoms with van der Waals surface area (Å²) in [6, 6.07) is 13.2. The summed E-state index contributed by atoms with van der Waals surface area (Å²) < 4.78 is 0. The molecule has 0 aliphatic rings. The smallest absolute Gasteiger partial charge is 0.257 e. The molecule has 2 amide bonds. The molecular formula is C23H23N3O2. The van der Waals surface area contributed by atoms with Gasteiger partial charge in [-0.15, -0.1) is 0 Å². The van der Waals surface area contributed by atoms with Crippen molar-refractivity contribution in [2.75, 3.05) is 10.6 Å². The van der Waals surface area contributed by atoms with Gasteiger partial charge < -0.3 is 10.6 Å². The van der Waals surface area contributed by atoms with Gasteiger partial charge in [-0.2, -0.15) is 0 Å². The second-order valence-electron chi connectivity index (χ2n) is 7.01. The molecule has 0 unspecified atom stereocenters. The van der Waals surface area contributed by atoms with Crippen LogP contribution < -0.4 is 10.6 Å². The Labute approximate surface area is 164 Å². The first-order chi connectivity index (χ1) is 13.3. The normalized spacial score (nSPS) is 10.4. The summed E-state index contributed by atoms with van der Waals surface area (Å²) in [6.07, 6.45) is 2.90. The summed E-state index contributed by atoms with van der Waals surface area (Å²) in [6.45, 7) is 7.84. The number of hydrogen-bond acceptors (Lipinski definition) is 3. The molecule has 1 aromatic heterocycles. The van der Waals surface area contributed by atoms with E-state index in [2.05, 4.69) is 15.6 Å². The molecule has 0 saturated heterocycles. The van der Waals surface area contributed by atoms with Crippen LogP contribution in [-0.2, 0) is 0 Å². The molecule has 3 aromatic rings. The highest BCUT2D eigenvalue weighted by Gasteiger charge is 2.13. The van der Waals surface area contributed by atoms with Crippen molar-refractivity contribution in [3.63, 3.8) is 0 Å². The first-order valence-electron chi connectivity index (χ1n) is 9.06. The van der Waals surface area contributed by atoms with E-state index in [0.29, 0.717) is 11.1 Å². The van der Waals surface area contributed by atoms with Gasteiger partial charge in [0.05, 0.1) is 11.1 Å². The van der Waals surface area contributed by atoms with E-state index in [0.717, 1.165) is 33.6 Å². The molecule has 0 saturated carbocycles. The number of nitrogens with one attached hydrogen (secondary N) is 2. The van der Waals surface area contributed by atoms with E-state index in [4.69, 9.17) is 0 Å². The minimum atomic E-state index is -0.305. The maximum atomic E-state index is 12.6. The predicted molar refractivity (Wildman–Crippen MR) is 112 cm³/mol. The lowest BCUT2D eigenvalue weighted by Crippen LogP contribution is -2.17. The second-order valence-corrected chi connectivity index (χ2v) is 7.01. The van der Waals surface area contributed by atoms with Crippen LogP contribution in [0.3, 0.4) is 0 Å². The van der Waals surface area contributed by atoms with E-state index in [9.17, 15) is 9.59 Å². The molecular weight excluding hydrogens is 350 g/mol. The van der Waals surface area contributed by atoms with E-state index in [1.165, 1.54) is 12.4 Å². The first-order valence-corrected chi connectivity index (χ1v) is 9.06. The van der Waals surface area contributed by atoms with Crippen molar-refractivity contribution >= 4 is 23.2 Å². The van der Waals surface area contributed by atoms with Crippen molar-refractivity contribution < 1.29 is 9.59 Å². The fourth-order valence-electron chi connectivity index (χ4n) is 2.90. The van der Waals surface area contributed by atoms with Gasteiger partial charge in [0.1, 0.15) is 0 Å². The second kappa shape index (κ2) is 8.05. The van der Waals surface area contributed by atoms with Crippen LogP contribution in [0.15, 0.2) is 54.9 Å². The number of hydrogen-bond donors (Lipinski definition) is 2. The Hall–Kier alpha value is -3.47. The molecule has 0 aliphatic carbocycles. The van der Waals surface area contributed by atoms with Crippen LogP contribution in [-0.4, -0.2) is 16.8 Å². The number of amides is 2. The van der Waals surface area contributed by atoms with Crippen LogP contribution in [0.5, 0.6) is 0 Å². The lowest BCUT2D eigenvalue weighted by molar-refractivity contribution is 0.102. The molecule has 0 aliphatic heterocycles. The number of aromatic nitrogens is 1. The van der Waals surface area contributed by atoms with Crippen LogP contribution in [0.25, 0.3) is 0 Å². The molecule has 5 nitrogen and oxygen atoms in total. The molecule has 1 heterocycles. The number of carbonyl (C=O) groups is 2. The number of nitrogens with zero attached hydrogens (tertiary/aromatic N) is 1. The highest BCUT2D eigenvalue weighted by atomic mass is 16.2. The molecule has 2 aromatic carbocycles. The molecule has 3 rings (SSSR count). The first kappa shape index (κ1) is 19.3. The van der Waals surface area contributed by atoms with Gasteiger partial charge in [0, 0.05) is 23.8 Å². The fourth-order valence-corrected chi connectivity index (χ4v) is 2.90. The minimum Gasteiger partial charge on any atom is -0.322 e. The number of aryl methyl sites for hydroxylation is 4. The number of benzene rings is 2. The van der Waals surface area contributed by atoms with Gasteiger partial charge in [0.25, 0.3) is 11.8 Å². The fraction of sp³-hybridized carbons (Fsp3) is 0.174. The maximum absolute atomic E-state index is 12.6. The largest absolute Gasteiger partial charge is 0.322 e. The van der Waals surface area contributed by atoms with Gasteiger partial charge in [-0.3, -0.25) is 14.6 Å². The maximum Gasteiger partial charge on any atom is 0.257 e. The standard InChI is InChI=1S/C23H23N3O2/c1-14-6-8-20(17(4)9-14)25-22(27)18-11-19(13-24-12-18)23(28)26-21-10-15(2)5-7-16(21)3/h5-13H,1-4H3,(H,25,27)(H,26,28). The van der Waals surface area contributed by atoms with Crippen molar-refractivity contribution in [2.24, 2.45) is 0 Å². The van der Waals surface area contributed by atoms with E-state index in [1.54, 1.807) is 6.07 Å². The summed E-state index contributed by atoms with van der Waals surface area (Å²) in [4.78, 5) is 29.3. The molecule has 142 valence electrons. The molecule has 0 bridgehead atoms. The van der Waals surface area contributed by atoms with Crippen LogP contribution in [0.1, 0.15) is 43.0 Å². The summed E-state index contributed by atoms with van der Waals surface area (Å²) >= 11 is 0. The SMILES string of the molecule is Cc1ccc(NC(=O)c2cncc(C(=O)Nc3cc(C)ccc3C)c2)c(C)c1. The number of carbonyl (C=O) groups excluding carboxylic acids is 2. The monoisotopic (exact) mass is 373 g/mol. The quantitative estimate of drug-likeness (QED) is 0.689. The minimum absolute atomic E-state index is 0.303. The van der Waals surface area contributed by atoms with E-state index in [1.807, 2.05) is 64.1 Å². The van der Waals surface area contributed by atoms with Gasteiger partial charge in [0.15, 0.2) is 0 Å². The Morgan fingerprint density at radius 2 is 1.25 bits per heavy atom. The summed E-state index contributed by atoms with van der Waals surface area (Å²) in [7, 11) is 0. The van der Waals surface area contributed by atoms with E-state index >= 15 is 0 Å². The zero-order valence-electron chi connectivity index (χ0n) is 16.5. The van der Waals surface area contributed by atoms with Crippen molar-refractivity contribution in [1.82, 2.24) is 4.98 Å². The lowest BCUT2D eigenvalue weighted by Gasteiger charge is -2.11. The molecule has 0 spiro atoms. The third kappa shape index (κ3) is 4.43. The third-order valence-corrected chi connectivity index (χ3v) is 4.53. The number of rotatable bonds is 4. The Bertz CT molecular complexity index is 1060. The number of pyridine rings is 1. The lowest BCUT2D eigenvalue weighted by atomic mass is 10.1. The van der Waals surface area contributed by atoms with Crippen LogP contribution in [0.2, 0.25) is 0 Å². The topological polar surface area (TPSA) is 71.1 Å². The van der Waals surface area contributed by atoms with E-state index in [-0.39, 0.29) is 11.8 Å². The van der Waals surface area contributed by atoms with Crippen molar-refractivity contribution in [2.45, 2.75) is 27.7 Å². The third-order valence-electron chi connectivity index (χ3n) is 4.53. The van der Waals surface area contributed by atoms with Crippen molar-refractivity contribution in [3.8, 4) is 0 Å². The van der Waals surface area contributed by atoms with Gasteiger partial charge in [-0.25, -0.2) is 0 Å². The zero-order valence-corrected chi connectivity index (χ0v) is 16.5. The highest BCUT2D eigenvalue weighted by Crippen LogP contribution is 2.19. The van der Waals surface area contributed by atoms with Crippen LogP contribution in [0.4, 0.5) is 11.4 Å². The zero-order chi connectivity index (χ0) is 20.3. The van der Waals surface area contributed by atoms with Gasteiger partial charge in [-0.05, 0) is 62.6 Å². The number of anilines is 2. The van der Waals surface area contributed by atoms with Crippen molar-refractivity contribution in [1.29, 1.82) is 0 Å². The Morgan fingerprint density at radius 3 is 1.89 bits per heavy atom. The Morgan fingerprint density at radius 1 is 0.679 bits per heavy atom. The van der Waals surface area contributed by atoms with Crippen LogP contribution >= 0.6 is 0 Å². The van der Waals surface area contributed by atoms with E-state index < -0.39 is 0 Å². The molecule has 0 atom stereocenters. The highest BCUT2D eigenvalue weighted by molar-refractivity contribution is 6.08. The summed E-state index contributed by atoms with van der Waals surface area (Å²) in [5.74, 6) is -0.608. The van der Waals surface area contributed by atoms with Crippen LogP contribution in [0, 0.1) is 27.7 Å². The summed E-state index contributed by atoms with van der Waals surface area (Å²) in [5, 5.41) is 5.76. The molecule has 5 heteroatoms. The van der Waals surface area contributed by atoms with Crippen molar-refractivity contribution in [3.05, 3.63) is 88.2 Å². The Kier molecular flexibility index (Phi) is 5.54. The van der Waals surface area contributed by atoms with Gasteiger partial charge in [-0.1, -0.05) is 29.8 Å². The molecule has 2 N–H and O–H groups in total. The summed E-state index contributed by atoms with van der Waals surface area (Å²) in [5.41, 5.74) is 6.27. The van der Waals surface area contributed by atoms with Gasteiger partial charge in [0.2, 0.25) is 0 Å².